The van der Waals surface area contributed by atoms with Crippen molar-refractivity contribution < 1.29 is 18.3 Å². The molecular formula is C9H8ClF2NO2. The third-order valence-corrected chi connectivity index (χ3v) is 2.00. The summed E-state index contributed by atoms with van der Waals surface area (Å²) in [6.45, 7) is 1.20. The van der Waals surface area contributed by atoms with Gasteiger partial charge in [-0.2, -0.15) is 0 Å². The van der Waals surface area contributed by atoms with Crippen LogP contribution in [-0.4, -0.2) is 13.0 Å². The lowest BCUT2D eigenvalue weighted by atomic mass is 10.2. The minimum atomic E-state index is -1.04. The lowest BCUT2D eigenvalue weighted by Crippen LogP contribution is -2.08. The van der Waals surface area contributed by atoms with E-state index < -0.39 is 23.3 Å². The lowest BCUT2D eigenvalue weighted by molar-refractivity contribution is -0.114. The molecule has 0 aromatic heterocycles. The second-order valence-corrected chi connectivity index (χ2v) is 3.13. The number of hydrogen-bond acceptors (Lipinski definition) is 2. The molecule has 1 N–H and O–H groups in total. The molecule has 82 valence electrons. The molecule has 0 saturated heterocycles. The van der Waals surface area contributed by atoms with Crippen molar-refractivity contribution in [1.29, 1.82) is 0 Å². The first-order chi connectivity index (χ1) is 6.97. The van der Waals surface area contributed by atoms with Crippen molar-refractivity contribution in [3.63, 3.8) is 0 Å². The van der Waals surface area contributed by atoms with Crippen molar-refractivity contribution in [2.75, 3.05) is 12.4 Å². The summed E-state index contributed by atoms with van der Waals surface area (Å²) < 4.78 is 31.0. The van der Waals surface area contributed by atoms with Gasteiger partial charge in [0.1, 0.15) is 5.02 Å². The molecule has 1 amide bonds. The summed E-state index contributed by atoms with van der Waals surface area (Å²) in [7, 11) is 1.12. The van der Waals surface area contributed by atoms with E-state index in [9.17, 15) is 13.6 Å². The predicted molar refractivity (Wildman–Crippen MR) is 52.2 cm³/mol. The van der Waals surface area contributed by atoms with E-state index in [1.54, 1.807) is 0 Å². The Bertz CT molecular complexity index is 410. The van der Waals surface area contributed by atoms with Gasteiger partial charge in [0.25, 0.3) is 0 Å². The maximum absolute atomic E-state index is 13.3. The third kappa shape index (κ3) is 2.36. The number of anilines is 1. The number of amides is 1. The first kappa shape index (κ1) is 11.7. The number of methoxy groups -OCH3 is 1. The fourth-order valence-electron chi connectivity index (χ4n) is 1.05. The second kappa shape index (κ2) is 4.44. The van der Waals surface area contributed by atoms with E-state index in [1.165, 1.54) is 6.92 Å². The van der Waals surface area contributed by atoms with Crippen molar-refractivity contribution in [3.05, 3.63) is 22.7 Å². The summed E-state index contributed by atoms with van der Waals surface area (Å²) in [6.07, 6.45) is 0. The van der Waals surface area contributed by atoms with Gasteiger partial charge in [-0.25, -0.2) is 8.78 Å². The third-order valence-electron chi connectivity index (χ3n) is 1.63. The van der Waals surface area contributed by atoms with Gasteiger partial charge in [-0.15, -0.1) is 0 Å². The molecule has 0 aliphatic heterocycles. The molecule has 6 heteroatoms. The SMILES string of the molecule is COc1c(F)cc(NC(C)=O)c(Cl)c1F. The van der Waals surface area contributed by atoms with Crippen molar-refractivity contribution in [1.82, 2.24) is 0 Å². The summed E-state index contributed by atoms with van der Waals surface area (Å²) in [5.41, 5.74) is -0.125. The van der Waals surface area contributed by atoms with E-state index in [-0.39, 0.29) is 10.7 Å². The Labute approximate surface area is 90.0 Å². The zero-order valence-corrected chi connectivity index (χ0v) is 8.78. The Kier molecular flexibility index (Phi) is 3.47. The van der Waals surface area contributed by atoms with Crippen molar-refractivity contribution in [2.45, 2.75) is 6.92 Å². The minimum absolute atomic E-state index is 0.125. The fourth-order valence-corrected chi connectivity index (χ4v) is 1.23. The highest BCUT2D eigenvalue weighted by Gasteiger charge is 2.18. The van der Waals surface area contributed by atoms with Gasteiger partial charge in [0, 0.05) is 13.0 Å². The van der Waals surface area contributed by atoms with Gasteiger partial charge in [0.15, 0.2) is 17.4 Å². The van der Waals surface area contributed by atoms with Crippen LogP contribution < -0.4 is 10.1 Å². The van der Waals surface area contributed by atoms with E-state index in [0.717, 1.165) is 13.2 Å². The van der Waals surface area contributed by atoms with Crippen LogP contribution in [0.1, 0.15) is 6.92 Å². The Morgan fingerprint density at radius 3 is 2.60 bits per heavy atom. The molecule has 1 aromatic rings. The Balaban J connectivity index is 3.27. The number of nitrogens with one attached hydrogen (secondary N) is 1. The van der Waals surface area contributed by atoms with E-state index in [1.807, 2.05) is 0 Å². The standard InChI is InChI=1S/C9H8ClF2NO2/c1-4(14)13-6-3-5(11)9(15-2)8(12)7(6)10/h3H,1-2H3,(H,13,14). The van der Waals surface area contributed by atoms with Crippen LogP contribution in [0.25, 0.3) is 0 Å². The summed E-state index contributed by atoms with van der Waals surface area (Å²) in [5, 5.41) is 1.81. The Morgan fingerprint density at radius 2 is 2.13 bits per heavy atom. The number of carbonyl (C=O) groups is 1. The normalized spacial score (nSPS) is 9.93. The monoisotopic (exact) mass is 235 g/mol. The molecule has 0 aliphatic rings. The number of carbonyl (C=O) groups excluding carboxylic acids is 1. The molecule has 15 heavy (non-hydrogen) atoms. The quantitative estimate of drug-likeness (QED) is 0.800. The average Bonchev–Trinajstić information content (AvgIpc) is 2.14. The van der Waals surface area contributed by atoms with Crippen LogP contribution in [0.15, 0.2) is 6.07 Å². The highest BCUT2D eigenvalue weighted by Crippen LogP contribution is 2.34. The van der Waals surface area contributed by atoms with Crippen molar-refractivity contribution in [2.24, 2.45) is 0 Å². The van der Waals surface area contributed by atoms with Crippen molar-refractivity contribution >= 4 is 23.2 Å². The van der Waals surface area contributed by atoms with E-state index in [2.05, 4.69) is 10.1 Å². The average molecular weight is 236 g/mol. The topological polar surface area (TPSA) is 38.3 Å². The molecule has 0 unspecified atom stereocenters. The highest BCUT2D eigenvalue weighted by molar-refractivity contribution is 6.34. The van der Waals surface area contributed by atoms with E-state index in [0.29, 0.717) is 0 Å². The summed E-state index contributed by atoms with van der Waals surface area (Å²) in [5.74, 6) is -3.01. The van der Waals surface area contributed by atoms with Gasteiger partial charge < -0.3 is 10.1 Å². The predicted octanol–water partition coefficient (Wildman–Crippen LogP) is 2.59. The van der Waals surface area contributed by atoms with Gasteiger partial charge in [0.05, 0.1) is 12.8 Å². The Hall–Kier alpha value is -1.36. The highest BCUT2D eigenvalue weighted by atomic mass is 35.5. The smallest absolute Gasteiger partial charge is 0.221 e. The summed E-state index contributed by atoms with van der Waals surface area (Å²) >= 11 is 5.56. The first-order valence-corrected chi connectivity index (χ1v) is 4.34. The molecule has 0 saturated carbocycles. The van der Waals surface area contributed by atoms with Gasteiger partial charge in [0.2, 0.25) is 5.91 Å². The van der Waals surface area contributed by atoms with Crippen LogP contribution in [0.2, 0.25) is 5.02 Å². The molecule has 0 bridgehead atoms. The summed E-state index contributed by atoms with van der Waals surface area (Å²) in [4.78, 5) is 10.7. The zero-order valence-electron chi connectivity index (χ0n) is 8.03. The molecule has 3 nitrogen and oxygen atoms in total. The summed E-state index contributed by atoms with van der Waals surface area (Å²) in [6, 6.07) is 0.894. The Morgan fingerprint density at radius 1 is 1.53 bits per heavy atom. The van der Waals surface area contributed by atoms with Crippen LogP contribution >= 0.6 is 11.6 Å². The molecule has 0 atom stereocenters. The molecule has 0 fully saturated rings. The minimum Gasteiger partial charge on any atom is -0.491 e. The number of hydrogen-bond donors (Lipinski definition) is 1. The first-order valence-electron chi connectivity index (χ1n) is 3.96. The van der Waals surface area contributed by atoms with Crippen molar-refractivity contribution in [3.8, 4) is 5.75 Å². The number of rotatable bonds is 2. The van der Waals surface area contributed by atoms with Gasteiger partial charge in [-0.05, 0) is 0 Å². The van der Waals surface area contributed by atoms with Crippen LogP contribution in [0.3, 0.4) is 0 Å². The zero-order chi connectivity index (χ0) is 11.6. The molecule has 0 aliphatic carbocycles. The maximum Gasteiger partial charge on any atom is 0.221 e. The molecule has 1 rings (SSSR count). The van der Waals surface area contributed by atoms with Gasteiger partial charge in [-0.1, -0.05) is 11.6 Å². The largest absolute Gasteiger partial charge is 0.491 e. The molecule has 0 radical (unpaired) electrons. The van der Waals surface area contributed by atoms with E-state index in [4.69, 9.17) is 11.6 Å². The van der Waals surface area contributed by atoms with Crippen LogP contribution in [-0.2, 0) is 4.79 Å². The number of halogens is 3. The van der Waals surface area contributed by atoms with Crippen LogP contribution in [0.5, 0.6) is 5.75 Å². The molecule has 0 spiro atoms. The molecular weight excluding hydrogens is 228 g/mol. The number of benzene rings is 1. The fraction of sp³-hybridized carbons (Fsp3) is 0.222. The van der Waals surface area contributed by atoms with Gasteiger partial charge >= 0.3 is 0 Å². The molecule has 0 heterocycles. The number of ether oxygens (including phenoxy) is 1. The lowest BCUT2D eigenvalue weighted by Gasteiger charge is -2.09. The van der Waals surface area contributed by atoms with Crippen LogP contribution in [0.4, 0.5) is 14.5 Å². The maximum atomic E-state index is 13.3. The molecule has 1 aromatic carbocycles. The second-order valence-electron chi connectivity index (χ2n) is 2.75. The van der Waals surface area contributed by atoms with Gasteiger partial charge in [-0.3, -0.25) is 4.79 Å². The van der Waals surface area contributed by atoms with Crippen LogP contribution in [0, 0.1) is 11.6 Å². The van der Waals surface area contributed by atoms with E-state index >= 15 is 0 Å².